The van der Waals surface area contributed by atoms with Gasteiger partial charge in [0, 0.05) is 0 Å². The van der Waals surface area contributed by atoms with Crippen LogP contribution in [0.3, 0.4) is 0 Å². The van der Waals surface area contributed by atoms with Gasteiger partial charge in [-0.1, -0.05) is 0 Å². The summed E-state index contributed by atoms with van der Waals surface area (Å²) in [5, 5.41) is 29.9. The highest BCUT2D eigenvalue weighted by molar-refractivity contribution is 5.94. The van der Waals surface area contributed by atoms with Gasteiger partial charge in [-0.05, 0) is 0 Å². The maximum absolute atomic E-state index is 6.47. The lowest BCUT2D eigenvalue weighted by molar-refractivity contribution is 1.18. The van der Waals surface area contributed by atoms with Gasteiger partial charge in [0.1, 0.15) is 0 Å². The van der Waals surface area contributed by atoms with E-state index in [1.54, 1.807) is 0 Å². The van der Waals surface area contributed by atoms with Crippen LogP contribution < -0.4 is 33.6 Å². The van der Waals surface area contributed by atoms with Crippen LogP contribution in [-0.4, -0.2) is 23.8 Å². The molecule has 11 heteroatoms. The summed E-state index contributed by atoms with van der Waals surface area (Å²) < 4.78 is 0. The Labute approximate surface area is 92.2 Å². The number of nitrogens with two attached hydrogens (primary N) is 4. The van der Waals surface area contributed by atoms with Crippen molar-refractivity contribution >= 4 is 36.2 Å². The molecule has 10 nitrogen and oxygen atoms in total. The van der Waals surface area contributed by atoms with Crippen molar-refractivity contribution in [3.05, 3.63) is 0 Å². The quantitative estimate of drug-likeness (QED) is 0.158. The topological polar surface area (TPSA) is 224 Å². The highest BCUT2D eigenvalue weighted by atomic mass is 35.5. The first-order valence-electron chi connectivity index (χ1n) is 3.15. The predicted molar refractivity (Wildman–Crippen MR) is 61.2 cm³/mol. The second-order valence-corrected chi connectivity index (χ2v) is 1.90. The molecule has 0 aromatic heterocycles. The first-order chi connectivity index (χ1) is 6.25. The Balaban J connectivity index is -0.000000180. The molecule has 15 heavy (non-hydrogen) atoms. The van der Waals surface area contributed by atoms with Crippen LogP contribution in [-0.2, 0) is 0 Å². The molecule has 0 aliphatic carbocycles. The van der Waals surface area contributed by atoms with Gasteiger partial charge in [-0.25, -0.2) is 0 Å². The molecule has 0 heterocycles. The summed E-state index contributed by atoms with van der Waals surface area (Å²) in [6.07, 6.45) is 0. The second kappa shape index (κ2) is 9.85. The lowest BCUT2D eigenvalue weighted by atomic mass is 10.9. The van der Waals surface area contributed by atoms with Crippen molar-refractivity contribution in [3.63, 3.8) is 0 Å². The zero-order valence-corrected chi connectivity index (χ0v) is 8.53. The monoisotopic (exact) mass is 238 g/mol. The Morgan fingerprint density at radius 3 is 0.733 bits per heavy atom. The van der Waals surface area contributed by atoms with E-state index >= 15 is 0 Å². The van der Waals surface area contributed by atoms with Gasteiger partial charge in [-0.2, -0.15) is 0 Å². The van der Waals surface area contributed by atoms with Crippen LogP contribution in [0.1, 0.15) is 0 Å². The summed E-state index contributed by atoms with van der Waals surface area (Å²) in [5.74, 6) is -1.25. The first-order valence-corrected chi connectivity index (χ1v) is 3.15. The van der Waals surface area contributed by atoms with Gasteiger partial charge in [0.05, 0.1) is 0 Å². The molecule has 0 saturated heterocycles. The summed E-state index contributed by atoms with van der Waals surface area (Å²) in [6.45, 7) is 0. The number of nitrogens with one attached hydrogen (secondary N) is 6. The van der Waals surface area contributed by atoms with E-state index in [1.807, 2.05) is 10.6 Å². The van der Waals surface area contributed by atoms with Crippen LogP contribution in [0.5, 0.6) is 0 Å². The molecule has 14 N–H and O–H groups in total. The minimum atomic E-state index is -0.312. The molecular weight excluding hydrogens is 224 g/mol. The van der Waals surface area contributed by atoms with Gasteiger partial charge >= 0.3 is 0 Å². The van der Waals surface area contributed by atoms with Crippen LogP contribution in [0.15, 0.2) is 0 Å². The third kappa shape index (κ3) is 33.7. The van der Waals surface area contributed by atoms with Crippen molar-refractivity contribution in [2.45, 2.75) is 0 Å². The van der Waals surface area contributed by atoms with E-state index in [-0.39, 0.29) is 36.2 Å². The molecule has 0 atom stereocenters. The van der Waals surface area contributed by atoms with Crippen LogP contribution in [0.4, 0.5) is 0 Å². The summed E-state index contributed by atoms with van der Waals surface area (Å²) in [7, 11) is 0. The molecule has 0 radical (unpaired) electrons. The van der Waals surface area contributed by atoms with Crippen molar-refractivity contribution in [1.29, 1.82) is 21.6 Å². The molecule has 0 rings (SSSR count). The maximum Gasteiger partial charge on any atom is 0.192 e. The molecule has 0 bridgehead atoms. The fourth-order valence-corrected chi connectivity index (χ4v) is 0.290. The normalized spacial score (nSPS) is 6.93. The van der Waals surface area contributed by atoms with Crippen LogP contribution in [0.25, 0.3) is 0 Å². The summed E-state index contributed by atoms with van der Waals surface area (Å²) in [5.41, 5.74) is 19.0. The SMILES string of the molecule is Cl.N=C(N)NC(=N)N.N=C(N)NC(=N)N. The predicted octanol–water partition coefficient (Wildman–Crippen LogP) is -2.85. The van der Waals surface area contributed by atoms with Gasteiger partial charge in [0.2, 0.25) is 0 Å². The van der Waals surface area contributed by atoms with Gasteiger partial charge in [-0.3, -0.25) is 32.3 Å². The van der Waals surface area contributed by atoms with Gasteiger partial charge in [0.15, 0.2) is 23.8 Å². The highest BCUT2D eigenvalue weighted by Gasteiger charge is 1.84. The maximum atomic E-state index is 6.47. The van der Waals surface area contributed by atoms with E-state index in [4.69, 9.17) is 44.6 Å². The Morgan fingerprint density at radius 1 is 0.600 bits per heavy atom. The fraction of sp³-hybridized carbons (Fsp3) is 0. The van der Waals surface area contributed by atoms with Gasteiger partial charge in [0.25, 0.3) is 0 Å². The Hall–Kier alpha value is -2.23. The minimum Gasteiger partial charge on any atom is -0.370 e. The van der Waals surface area contributed by atoms with Gasteiger partial charge in [-0.15, -0.1) is 12.4 Å². The Kier molecular flexibility index (Phi) is 12.2. The number of hydrogen-bond acceptors (Lipinski definition) is 4. The average Bonchev–Trinajstić information content (AvgIpc) is 1.79. The second-order valence-electron chi connectivity index (χ2n) is 1.90. The molecule has 0 unspecified atom stereocenters. The largest absolute Gasteiger partial charge is 0.370 e. The molecule has 0 spiro atoms. The van der Waals surface area contributed by atoms with E-state index in [2.05, 4.69) is 0 Å². The van der Waals surface area contributed by atoms with Crippen LogP contribution >= 0.6 is 12.4 Å². The van der Waals surface area contributed by atoms with E-state index in [9.17, 15) is 0 Å². The standard InChI is InChI=1S/2C2H7N5.ClH/c2*3-1(4)7-2(5)6;/h2*(H7,3,4,5,6,7);1H. The summed E-state index contributed by atoms with van der Waals surface area (Å²) in [6, 6.07) is 0. The van der Waals surface area contributed by atoms with E-state index < -0.39 is 0 Å². The van der Waals surface area contributed by atoms with Crippen molar-refractivity contribution in [2.24, 2.45) is 22.9 Å². The average molecular weight is 239 g/mol. The fourth-order valence-electron chi connectivity index (χ4n) is 0.290. The van der Waals surface area contributed by atoms with Gasteiger partial charge < -0.3 is 22.9 Å². The molecule has 0 fully saturated rings. The molecule has 0 saturated carbocycles. The number of hydrogen-bond donors (Lipinski definition) is 10. The smallest absolute Gasteiger partial charge is 0.192 e. The molecule has 0 aliphatic rings. The summed E-state index contributed by atoms with van der Waals surface area (Å²) in [4.78, 5) is 0. The molecule has 0 amide bonds. The van der Waals surface area contributed by atoms with Crippen molar-refractivity contribution in [2.75, 3.05) is 0 Å². The molecule has 0 aromatic rings. The van der Waals surface area contributed by atoms with E-state index in [1.165, 1.54) is 0 Å². The van der Waals surface area contributed by atoms with Crippen LogP contribution in [0, 0.1) is 21.6 Å². The van der Waals surface area contributed by atoms with Crippen LogP contribution in [0.2, 0.25) is 0 Å². The molecule has 0 aliphatic heterocycles. The highest BCUT2D eigenvalue weighted by Crippen LogP contribution is 1.44. The van der Waals surface area contributed by atoms with Crippen molar-refractivity contribution in [1.82, 2.24) is 10.6 Å². The number of halogens is 1. The summed E-state index contributed by atoms with van der Waals surface area (Å²) >= 11 is 0. The zero-order chi connectivity index (χ0) is 11.7. The first kappa shape index (κ1) is 18.5. The lowest BCUT2D eigenvalue weighted by Crippen LogP contribution is -2.39. The minimum absolute atomic E-state index is 0. The van der Waals surface area contributed by atoms with E-state index in [0.717, 1.165) is 0 Å². The Morgan fingerprint density at radius 2 is 0.733 bits per heavy atom. The molecule has 88 valence electrons. The number of rotatable bonds is 0. The zero-order valence-electron chi connectivity index (χ0n) is 7.72. The third-order valence-corrected chi connectivity index (χ3v) is 0.539. The van der Waals surface area contributed by atoms with E-state index in [0.29, 0.717) is 0 Å². The lowest BCUT2D eigenvalue weighted by Gasteiger charge is -1.95. The van der Waals surface area contributed by atoms with Crippen molar-refractivity contribution in [3.8, 4) is 0 Å². The third-order valence-electron chi connectivity index (χ3n) is 0.539. The Bertz CT molecular complexity index is 196. The molecule has 0 aromatic carbocycles. The number of guanidine groups is 4. The van der Waals surface area contributed by atoms with Crippen molar-refractivity contribution < 1.29 is 0 Å². The molecular formula is C4H15ClN10.